The van der Waals surface area contributed by atoms with Crippen LogP contribution in [0.15, 0.2) is 24.3 Å². The van der Waals surface area contributed by atoms with E-state index < -0.39 is 0 Å². The van der Waals surface area contributed by atoms with Crippen LogP contribution in [-0.4, -0.2) is 54.5 Å². The second-order valence-electron chi connectivity index (χ2n) is 5.67. The number of aryl methyl sites for hydroxylation is 1. The molecule has 2 heterocycles. The minimum atomic E-state index is -0.0439. The average molecular weight is 331 g/mol. The predicted octanol–water partition coefficient (Wildman–Crippen LogP) is 2.70. The van der Waals surface area contributed by atoms with Crippen molar-refractivity contribution in [1.82, 2.24) is 15.1 Å². The molecule has 5 nitrogen and oxygen atoms in total. The van der Waals surface area contributed by atoms with E-state index in [2.05, 4.69) is 17.4 Å². The van der Waals surface area contributed by atoms with Crippen LogP contribution in [0, 0.1) is 6.92 Å². The monoisotopic (exact) mass is 331 g/mol. The summed E-state index contributed by atoms with van der Waals surface area (Å²) in [6.45, 7) is 6.88. The highest BCUT2D eigenvalue weighted by Gasteiger charge is 2.26. The molecule has 1 saturated heterocycles. The SMILES string of the molecule is CCNC(=O)N1CCN(C(=O)c2sc3ccccc3c2C)CC1. The lowest BCUT2D eigenvalue weighted by molar-refractivity contribution is 0.0669. The van der Waals surface area contributed by atoms with Crippen molar-refractivity contribution < 1.29 is 9.59 Å². The van der Waals surface area contributed by atoms with Crippen LogP contribution in [0.5, 0.6) is 0 Å². The molecule has 0 saturated carbocycles. The Morgan fingerprint density at radius 3 is 2.43 bits per heavy atom. The molecule has 0 unspecified atom stereocenters. The number of carbonyl (C=O) groups excluding carboxylic acids is 2. The van der Waals surface area contributed by atoms with Crippen LogP contribution < -0.4 is 5.32 Å². The smallest absolute Gasteiger partial charge is 0.317 e. The van der Waals surface area contributed by atoms with Crippen LogP contribution in [0.4, 0.5) is 4.79 Å². The number of fused-ring (bicyclic) bond motifs is 1. The Balaban J connectivity index is 1.72. The van der Waals surface area contributed by atoms with Gasteiger partial charge in [0.1, 0.15) is 0 Å². The first kappa shape index (κ1) is 15.8. The van der Waals surface area contributed by atoms with Gasteiger partial charge in [-0.15, -0.1) is 11.3 Å². The van der Waals surface area contributed by atoms with E-state index in [1.54, 1.807) is 16.2 Å². The van der Waals surface area contributed by atoms with Gasteiger partial charge in [0.25, 0.3) is 5.91 Å². The van der Waals surface area contributed by atoms with E-state index in [4.69, 9.17) is 0 Å². The van der Waals surface area contributed by atoms with Crippen molar-refractivity contribution in [3.8, 4) is 0 Å². The molecule has 0 bridgehead atoms. The van der Waals surface area contributed by atoms with Crippen molar-refractivity contribution in [1.29, 1.82) is 0 Å². The van der Waals surface area contributed by atoms with E-state index in [9.17, 15) is 9.59 Å². The quantitative estimate of drug-likeness (QED) is 0.920. The molecule has 2 aromatic rings. The lowest BCUT2D eigenvalue weighted by Crippen LogP contribution is -2.53. The fraction of sp³-hybridized carbons (Fsp3) is 0.412. The van der Waals surface area contributed by atoms with Crippen molar-refractivity contribution in [2.24, 2.45) is 0 Å². The van der Waals surface area contributed by atoms with Gasteiger partial charge in [0.2, 0.25) is 0 Å². The number of piperazine rings is 1. The molecule has 1 fully saturated rings. The largest absolute Gasteiger partial charge is 0.338 e. The van der Waals surface area contributed by atoms with Crippen LogP contribution in [0.3, 0.4) is 0 Å². The zero-order chi connectivity index (χ0) is 16.4. The molecular weight excluding hydrogens is 310 g/mol. The molecule has 23 heavy (non-hydrogen) atoms. The summed E-state index contributed by atoms with van der Waals surface area (Å²) in [4.78, 5) is 29.1. The number of hydrogen-bond donors (Lipinski definition) is 1. The van der Waals surface area contributed by atoms with Gasteiger partial charge in [-0.25, -0.2) is 4.79 Å². The van der Waals surface area contributed by atoms with E-state index in [1.165, 1.54) is 0 Å². The van der Waals surface area contributed by atoms with E-state index >= 15 is 0 Å². The fourth-order valence-electron chi connectivity index (χ4n) is 2.90. The molecular formula is C17H21N3O2S. The van der Waals surface area contributed by atoms with Crippen molar-refractivity contribution in [3.63, 3.8) is 0 Å². The van der Waals surface area contributed by atoms with E-state index in [-0.39, 0.29) is 11.9 Å². The first-order chi connectivity index (χ1) is 11.1. The number of amides is 3. The fourth-order valence-corrected chi connectivity index (χ4v) is 4.07. The lowest BCUT2D eigenvalue weighted by atomic mass is 10.1. The highest BCUT2D eigenvalue weighted by atomic mass is 32.1. The van der Waals surface area contributed by atoms with E-state index in [1.807, 2.05) is 30.9 Å². The van der Waals surface area contributed by atoms with Crippen molar-refractivity contribution in [3.05, 3.63) is 34.7 Å². The number of nitrogens with zero attached hydrogens (tertiary/aromatic N) is 2. The second kappa shape index (κ2) is 6.58. The highest BCUT2D eigenvalue weighted by molar-refractivity contribution is 7.21. The van der Waals surface area contributed by atoms with E-state index in [0.717, 1.165) is 20.5 Å². The molecule has 1 aromatic carbocycles. The number of rotatable bonds is 2. The lowest BCUT2D eigenvalue weighted by Gasteiger charge is -2.34. The molecule has 0 radical (unpaired) electrons. The maximum Gasteiger partial charge on any atom is 0.317 e. The maximum absolute atomic E-state index is 12.8. The Morgan fingerprint density at radius 1 is 1.13 bits per heavy atom. The van der Waals surface area contributed by atoms with Crippen LogP contribution >= 0.6 is 11.3 Å². The number of urea groups is 1. The van der Waals surface area contributed by atoms with Crippen molar-refractivity contribution in [2.45, 2.75) is 13.8 Å². The highest BCUT2D eigenvalue weighted by Crippen LogP contribution is 2.31. The molecule has 1 N–H and O–H groups in total. The third-order valence-corrected chi connectivity index (χ3v) is 5.48. The Hall–Kier alpha value is -2.08. The third kappa shape index (κ3) is 3.03. The molecule has 1 aliphatic rings. The summed E-state index contributed by atoms with van der Waals surface area (Å²) in [6.07, 6.45) is 0. The molecule has 3 rings (SSSR count). The molecule has 0 spiro atoms. The van der Waals surface area contributed by atoms with Crippen LogP contribution in [0.1, 0.15) is 22.2 Å². The number of nitrogens with one attached hydrogen (secondary N) is 1. The number of benzene rings is 1. The van der Waals surface area contributed by atoms with Gasteiger partial charge >= 0.3 is 6.03 Å². The van der Waals surface area contributed by atoms with Gasteiger partial charge in [-0.1, -0.05) is 18.2 Å². The summed E-state index contributed by atoms with van der Waals surface area (Å²) in [6, 6.07) is 8.07. The predicted molar refractivity (Wildman–Crippen MR) is 93.1 cm³/mol. The first-order valence-electron chi connectivity index (χ1n) is 7.92. The first-order valence-corrected chi connectivity index (χ1v) is 8.73. The molecule has 3 amide bonds. The van der Waals surface area contributed by atoms with E-state index in [0.29, 0.717) is 32.7 Å². The number of thiophene rings is 1. The minimum Gasteiger partial charge on any atom is -0.338 e. The van der Waals surface area contributed by atoms with Crippen molar-refractivity contribution in [2.75, 3.05) is 32.7 Å². The second-order valence-corrected chi connectivity index (χ2v) is 6.72. The minimum absolute atomic E-state index is 0.0439. The van der Waals surface area contributed by atoms with Gasteiger partial charge in [0.05, 0.1) is 4.88 Å². The number of carbonyl (C=O) groups is 2. The van der Waals surface area contributed by atoms with Gasteiger partial charge < -0.3 is 15.1 Å². The Kier molecular flexibility index (Phi) is 4.52. The third-order valence-electron chi connectivity index (χ3n) is 4.22. The Morgan fingerprint density at radius 2 is 1.78 bits per heavy atom. The molecule has 122 valence electrons. The summed E-state index contributed by atoms with van der Waals surface area (Å²) in [7, 11) is 0. The summed E-state index contributed by atoms with van der Waals surface area (Å²) in [5.41, 5.74) is 1.06. The average Bonchev–Trinajstić information content (AvgIpc) is 2.92. The summed E-state index contributed by atoms with van der Waals surface area (Å²) in [5.74, 6) is 0.0826. The van der Waals surface area contributed by atoms with Crippen LogP contribution in [0.25, 0.3) is 10.1 Å². The van der Waals surface area contributed by atoms with Crippen molar-refractivity contribution >= 4 is 33.4 Å². The van der Waals surface area contributed by atoms with Gasteiger partial charge in [-0.05, 0) is 30.9 Å². The topological polar surface area (TPSA) is 52.7 Å². The number of hydrogen-bond acceptors (Lipinski definition) is 3. The van der Waals surface area contributed by atoms with Gasteiger partial charge in [0.15, 0.2) is 0 Å². The summed E-state index contributed by atoms with van der Waals surface area (Å²) in [5, 5.41) is 3.96. The van der Waals surface area contributed by atoms with Gasteiger partial charge in [-0.3, -0.25) is 4.79 Å². The molecule has 1 aliphatic heterocycles. The zero-order valence-corrected chi connectivity index (χ0v) is 14.3. The zero-order valence-electron chi connectivity index (χ0n) is 13.5. The van der Waals surface area contributed by atoms with Gasteiger partial charge in [0, 0.05) is 37.4 Å². The summed E-state index contributed by atoms with van der Waals surface area (Å²) < 4.78 is 1.15. The molecule has 0 atom stereocenters. The Labute approximate surface area is 139 Å². The summed E-state index contributed by atoms with van der Waals surface area (Å²) >= 11 is 1.56. The van der Waals surface area contributed by atoms with Crippen LogP contribution in [-0.2, 0) is 0 Å². The molecule has 6 heteroatoms. The Bertz CT molecular complexity index is 733. The molecule has 1 aromatic heterocycles. The van der Waals surface area contributed by atoms with Gasteiger partial charge in [-0.2, -0.15) is 0 Å². The molecule has 0 aliphatic carbocycles. The van der Waals surface area contributed by atoms with Crippen LogP contribution in [0.2, 0.25) is 0 Å². The maximum atomic E-state index is 12.8. The normalized spacial score (nSPS) is 15.0. The standard InChI is InChI=1S/C17H21N3O2S/c1-3-18-17(22)20-10-8-19(9-11-20)16(21)15-12(2)13-6-4-5-7-14(13)23-15/h4-7H,3,8-11H2,1-2H3,(H,18,22).